The van der Waals surface area contributed by atoms with Gasteiger partial charge in [0.05, 0.1) is 6.10 Å². The van der Waals surface area contributed by atoms with Crippen molar-refractivity contribution in [2.45, 2.75) is 26.2 Å². The maximum absolute atomic E-state index is 9.13. The Morgan fingerprint density at radius 3 is 2.30 bits per heavy atom. The molecule has 0 aromatic heterocycles. The van der Waals surface area contributed by atoms with E-state index in [2.05, 4.69) is 34.9 Å². The summed E-state index contributed by atoms with van der Waals surface area (Å²) in [6, 6.07) is 18.3. The van der Waals surface area contributed by atoms with Gasteiger partial charge in [0, 0.05) is 26.2 Å². The number of rotatable bonds is 10. The smallest absolute Gasteiger partial charge is 0.119 e. The van der Waals surface area contributed by atoms with Gasteiger partial charge in [0.15, 0.2) is 0 Å². The number of hydrogen-bond donors (Lipinski definition) is 3. The molecular weight excluding hydrogens is 288 g/mol. The van der Waals surface area contributed by atoms with E-state index >= 15 is 0 Å². The SMILES string of the molecule is C[C@H](O)CNCCNCc1ccc(OCc2ccccc2)cc1. The third kappa shape index (κ3) is 7.28. The molecule has 0 heterocycles. The van der Waals surface area contributed by atoms with Gasteiger partial charge in [0.2, 0.25) is 0 Å². The number of ether oxygens (including phenoxy) is 1. The Morgan fingerprint density at radius 2 is 1.61 bits per heavy atom. The summed E-state index contributed by atoms with van der Waals surface area (Å²) in [4.78, 5) is 0. The lowest BCUT2D eigenvalue weighted by molar-refractivity contribution is 0.191. The summed E-state index contributed by atoms with van der Waals surface area (Å²) in [5.41, 5.74) is 2.40. The Balaban J connectivity index is 1.64. The quantitative estimate of drug-likeness (QED) is 0.589. The van der Waals surface area contributed by atoms with Gasteiger partial charge in [0.25, 0.3) is 0 Å². The number of aliphatic hydroxyl groups excluding tert-OH is 1. The lowest BCUT2D eigenvalue weighted by Gasteiger charge is -2.09. The van der Waals surface area contributed by atoms with Crippen molar-refractivity contribution in [2.75, 3.05) is 19.6 Å². The Labute approximate surface area is 138 Å². The van der Waals surface area contributed by atoms with Gasteiger partial charge in [-0.15, -0.1) is 0 Å². The van der Waals surface area contributed by atoms with Crippen LogP contribution in [-0.4, -0.2) is 30.8 Å². The summed E-state index contributed by atoms with van der Waals surface area (Å²) >= 11 is 0. The second-order valence-electron chi connectivity index (χ2n) is 5.65. The number of nitrogens with one attached hydrogen (secondary N) is 2. The fraction of sp³-hybridized carbons (Fsp3) is 0.368. The van der Waals surface area contributed by atoms with Crippen LogP contribution in [0.3, 0.4) is 0 Å². The minimum atomic E-state index is -0.293. The van der Waals surface area contributed by atoms with Crippen molar-refractivity contribution in [2.24, 2.45) is 0 Å². The lowest BCUT2D eigenvalue weighted by atomic mass is 10.2. The second kappa shape index (κ2) is 10.0. The van der Waals surface area contributed by atoms with Gasteiger partial charge < -0.3 is 20.5 Å². The first-order chi connectivity index (χ1) is 11.2. The molecule has 3 N–H and O–H groups in total. The molecule has 23 heavy (non-hydrogen) atoms. The van der Waals surface area contributed by atoms with Crippen LogP contribution in [-0.2, 0) is 13.2 Å². The Morgan fingerprint density at radius 1 is 0.913 bits per heavy atom. The van der Waals surface area contributed by atoms with Crippen molar-refractivity contribution in [1.29, 1.82) is 0 Å². The minimum Gasteiger partial charge on any atom is -0.489 e. The second-order valence-corrected chi connectivity index (χ2v) is 5.65. The average Bonchev–Trinajstić information content (AvgIpc) is 2.58. The highest BCUT2D eigenvalue weighted by Gasteiger charge is 1.98. The molecule has 0 unspecified atom stereocenters. The highest BCUT2D eigenvalue weighted by molar-refractivity contribution is 5.27. The zero-order valence-electron chi connectivity index (χ0n) is 13.7. The molecule has 0 aliphatic rings. The first-order valence-electron chi connectivity index (χ1n) is 8.09. The first-order valence-corrected chi connectivity index (χ1v) is 8.09. The van der Waals surface area contributed by atoms with Crippen molar-refractivity contribution in [3.8, 4) is 5.75 Å². The van der Waals surface area contributed by atoms with Gasteiger partial charge in [-0.1, -0.05) is 42.5 Å². The topological polar surface area (TPSA) is 53.5 Å². The molecule has 0 saturated carbocycles. The molecule has 0 spiro atoms. The molecule has 0 aliphatic heterocycles. The molecular formula is C19H26N2O2. The molecule has 2 aromatic carbocycles. The Bertz CT molecular complexity index is 541. The van der Waals surface area contributed by atoms with Crippen LogP contribution in [0, 0.1) is 0 Å². The molecule has 1 atom stereocenters. The van der Waals surface area contributed by atoms with E-state index in [-0.39, 0.29) is 6.10 Å². The van der Waals surface area contributed by atoms with E-state index in [0.29, 0.717) is 13.2 Å². The third-order valence-electron chi connectivity index (χ3n) is 3.42. The van der Waals surface area contributed by atoms with Crippen LogP contribution in [0.15, 0.2) is 54.6 Å². The summed E-state index contributed by atoms with van der Waals surface area (Å²) in [6.07, 6.45) is -0.293. The predicted octanol–water partition coefficient (Wildman–Crippen LogP) is 2.33. The van der Waals surface area contributed by atoms with Crippen molar-refractivity contribution < 1.29 is 9.84 Å². The standard InChI is InChI=1S/C19H26N2O2/c1-16(22)13-20-11-12-21-14-17-7-9-19(10-8-17)23-15-18-5-3-2-4-6-18/h2-10,16,20-22H,11-15H2,1H3/t16-/m0/s1. The molecule has 0 bridgehead atoms. The van der Waals surface area contributed by atoms with E-state index in [1.165, 1.54) is 11.1 Å². The maximum atomic E-state index is 9.13. The van der Waals surface area contributed by atoms with Crippen LogP contribution in [0.2, 0.25) is 0 Å². The summed E-state index contributed by atoms with van der Waals surface area (Å²) in [5.74, 6) is 0.885. The van der Waals surface area contributed by atoms with Gasteiger partial charge in [-0.05, 0) is 30.2 Å². The monoisotopic (exact) mass is 314 g/mol. The molecule has 0 fully saturated rings. The van der Waals surface area contributed by atoms with E-state index in [4.69, 9.17) is 9.84 Å². The molecule has 124 valence electrons. The summed E-state index contributed by atoms with van der Waals surface area (Å²) < 4.78 is 5.77. The summed E-state index contributed by atoms with van der Waals surface area (Å²) in [6.45, 7) is 5.56. The highest BCUT2D eigenvalue weighted by atomic mass is 16.5. The van der Waals surface area contributed by atoms with Gasteiger partial charge in [-0.2, -0.15) is 0 Å². The van der Waals surface area contributed by atoms with Crippen LogP contribution in [0.1, 0.15) is 18.1 Å². The fourth-order valence-corrected chi connectivity index (χ4v) is 2.16. The van der Waals surface area contributed by atoms with E-state index < -0.39 is 0 Å². The molecule has 2 aromatic rings. The first kappa shape index (κ1) is 17.5. The van der Waals surface area contributed by atoms with Crippen LogP contribution in [0.25, 0.3) is 0 Å². The molecule has 0 aliphatic carbocycles. The predicted molar refractivity (Wildman–Crippen MR) is 93.5 cm³/mol. The van der Waals surface area contributed by atoms with Crippen LogP contribution in [0.5, 0.6) is 5.75 Å². The van der Waals surface area contributed by atoms with Crippen LogP contribution < -0.4 is 15.4 Å². The van der Waals surface area contributed by atoms with E-state index in [9.17, 15) is 0 Å². The normalized spacial score (nSPS) is 12.1. The highest BCUT2D eigenvalue weighted by Crippen LogP contribution is 2.14. The Kier molecular flexibility index (Phi) is 7.60. The number of hydrogen-bond acceptors (Lipinski definition) is 4. The summed E-state index contributed by atoms with van der Waals surface area (Å²) in [7, 11) is 0. The Hall–Kier alpha value is -1.88. The van der Waals surface area contributed by atoms with Crippen molar-refractivity contribution in [3.05, 3.63) is 65.7 Å². The van der Waals surface area contributed by atoms with E-state index in [0.717, 1.165) is 25.4 Å². The van der Waals surface area contributed by atoms with E-state index in [1.54, 1.807) is 6.92 Å². The van der Waals surface area contributed by atoms with Gasteiger partial charge in [-0.25, -0.2) is 0 Å². The van der Waals surface area contributed by atoms with Gasteiger partial charge >= 0.3 is 0 Å². The lowest BCUT2D eigenvalue weighted by Crippen LogP contribution is -2.31. The van der Waals surface area contributed by atoms with Gasteiger partial charge in [-0.3, -0.25) is 0 Å². The van der Waals surface area contributed by atoms with Crippen molar-refractivity contribution in [1.82, 2.24) is 10.6 Å². The number of aliphatic hydroxyl groups is 1. The fourth-order valence-electron chi connectivity index (χ4n) is 2.16. The molecule has 0 amide bonds. The molecule has 4 nitrogen and oxygen atoms in total. The van der Waals surface area contributed by atoms with Crippen LogP contribution in [0.4, 0.5) is 0 Å². The van der Waals surface area contributed by atoms with Crippen molar-refractivity contribution in [3.63, 3.8) is 0 Å². The zero-order chi connectivity index (χ0) is 16.3. The number of benzene rings is 2. The maximum Gasteiger partial charge on any atom is 0.119 e. The molecule has 0 radical (unpaired) electrons. The van der Waals surface area contributed by atoms with Crippen LogP contribution >= 0.6 is 0 Å². The third-order valence-corrected chi connectivity index (χ3v) is 3.42. The molecule has 4 heteroatoms. The summed E-state index contributed by atoms with van der Waals surface area (Å²) in [5, 5.41) is 15.7. The minimum absolute atomic E-state index is 0.293. The molecule has 2 rings (SSSR count). The average molecular weight is 314 g/mol. The van der Waals surface area contributed by atoms with Crippen molar-refractivity contribution >= 4 is 0 Å². The molecule has 0 saturated heterocycles. The zero-order valence-corrected chi connectivity index (χ0v) is 13.7. The van der Waals surface area contributed by atoms with Gasteiger partial charge in [0.1, 0.15) is 12.4 Å². The largest absolute Gasteiger partial charge is 0.489 e. The van der Waals surface area contributed by atoms with E-state index in [1.807, 2.05) is 30.3 Å².